The first-order chi connectivity index (χ1) is 10.6. The number of benzene rings is 1. The van der Waals surface area contributed by atoms with Crippen molar-refractivity contribution in [3.63, 3.8) is 0 Å². The number of amides is 1. The molecule has 0 aromatic heterocycles. The van der Waals surface area contributed by atoms with Crippen LogP contribution in [0.4, 0.5) is 4.39 Å². The summed E-state index contributed by atoms with van der Waals surface area (Å²) in [6, 6.07) is 6.19. The lowest BCUT2D eigenvalue weighted by Gasteiger charge is -2.29. The molecule has 1 saturated carbocycles. The predicted molar refractivity (Wildman–Crippen MR) is 80.6 cm³/mol. The Balaban J connectivity index is 1.74. The second-order valence-electron chi connectivity index (χ2n) is 5.86. The minimum Gasteiger partial charge on any atom is -0.455 e. The van der Waals surface area contributed by atoms with Crippen molar-refractivity contribution in [2.45, 2.75) is 45.1 Å². The maximum Gasteiger partial charge on any atom is 0.310 e. The van der Waals surface area contributed by atoms with Crippen LogP contribution < -0.4 is 5.32 Å². The van der Waals surface area contributed by atoms with Gasteiger partial charge in [0.15, 0.2) is 6.61 Å². The molecule has 1 fully saturated rings. The maximum atomic E-state index is 13.4. The van der Waals surface area contributed by atoms with Crippen molar-refractivity contribution in [1.29, 1.82) is 0 Å². The van der Waals surface area contributed by atoms with Crippen molar-refractivity contribution in [1.82, 2.24) is 5.32 Å². The lowest BCUT2D eigenvalue weighted by Crippen LogP contribution is -2.43. The van der Waals surface area contributed by atoms with E-state index in [1.54, 1.807) is 12.1 Å². The van der Waals surface area contributed by atoms with Crippen LogP contribution in [0.1, 0.15) is 38.2 Å². The zero-order chi connectivity index (χ0) is 15.9. The molecule has 1 aromatic carbocycles. The monoisotopic (exact) mass is 307 g/mol. The highest BCUT2D eigenvalue weighted by Gasteiger charge is 2.23. The first-order valence-electron chi connectivity index (χ1n) is 7.74. The van der Waals surface area contributed by atoms with E-state index in [0.717, 1.165) is 19.3 Å². The summed E-state index contributed by atoms with van der Waals surface area (Å²) >= 11 is 0. The molecule has 120 valence electrons. The van der Waals surface area contributed by atoms with Crippen LogP contribution in [0.5, 0.6) is 0 Å². The van der Waals surface area contributed by atoms with E-state index in [1.807, 2.05) is 0 Å². The van der Waals surface area contributed by atoms with Gasteiger partial charge in [0.05, 0.1) is 6.42 Å². The van der Waals surface area contributed by atoms with E-state index in [4.69, 9.17) is 4.74 Å². The molecular weight excluding hydrogens is 285 g/mol. The molecule has 1 N–H and O–H groups in total. The molecule has 0 saturated heterocycles. The van der Waals surface area contributed by atoms with Crippen molar-refractivity contribution < 1.29 is 18.7 Å². The fourth-order valence-electron chi connectivity index (χ4n) is 2.77. The normalized spacial score (nSPS) is 21.2. The highest BCUT2D eigenvalue weighted by atomic mass is 19.1. The van der Waals surface area contributed by atoms with Crippen LogP contribution in [-0.4, -0.2) is 24.5 Å². The molecule has 1 amide bonds. The molecule has 0 bridgehead atoms. The van der Waals surface area contributed by atoms with Gasteiger partial charge in [-0.3, -0.25) is 9.59 Å². The second kappa shape index (κ2) is 7.92. The highest BCUT2D eigenvalue weighted by molar-refractivity contribution is 5.81. The standard InChI is InChI=1S/C17H22FNO3/c1-12-6-2-5-9-15(12)19-16(20)11-22-17(21)10-13-7-3-4-8-14(13)18/h3-4,7-8,12,15H,2,5-6,9-11H2,1H3,(H,19,20)/t12-,15+/m0/s1. The van der Waals surface area contributed by atoms with Crippen molar-refractivity contribution >= 4 is 11.9 Å². The highest BCUT2D eigenvalue weighted by Crippen LogP contribution is 2.23. The minimum absolute atomic E-state index is 0.159. The molecule has 1 aliphatic carbocycles. The van der Waals surface area contributed by atoms with Crippen LogP contribution in [0.15, 0.2) is 24.3 Å². The summed E-state index contributed by atoms with van der Waals surface area (Å²) in [5, 5.41) is 2.91. The number of rotatable bonds is 5. The molecule has 0 radical (unpaired) electrons. The summed E-state index contributed by atoms with van der Waals surface area (Å²) in [5.74, 6) is -0.885. The summed E-state index contributed by atoms with van der Waals surface area (Å²) < 4.78 is 18.3. The van der Waals surface area contributed by atoms with E-state index in [0.29, 0.717) is 5.92 Å². The smallest absolute Gasteiger partial charge is 0.310 e. The van der Waals surface area contributed by atoms with E-state index in [-0.39, 0.29) is 30.5 Å². The average Bonchev–Trinajstić information content (AvgIpc) is 2.50. The number of hydrogen-bond donors (Lipinski definition) is 1. The van der Waals surface area contributed by atoms with Gasteiger partial charge in [-0.15, -0.1) is 0 Å². The lowest BCUT2D eigenvalue weighted by atomic mass is 9.86. The number of halogens is 1. The van der Waals surface area contributed by atoms with Gasteiger partial charge >= 0.3 is 5.97 Å². The Kier molecular flexibility index (Phi) is 5.92. The van der Waals surface area contributed by atoms with Gasteiger partial charge in [-0.05, 0) is 30.4 Å². The number of esters is 1. The predicted octanol–water partition coefficient (Wildman–Crippen LogP) is 2.61. The van der Waals surface area contributed by atoms with Crippen LogP contribution in [0.3, 0.4) is 0 Å². The first-order valence-corrected chi connectivity index (χ1v) is 7.74. The number of ether oxygens (including phenoxy) is 1. The summed E-state index contributed by atoms with van der Waals surface area (Å²) in [4.78, 5) is 23.5. The van der Waals surface area contributed by atoms with Gasteiger partial charge in [-0.1, -0.05) is 38.0 Å². The number of nitrogens with one attached hydrogen (secondary N) is 1. The zero-order valence-corrected chi connectivity index (χ0v) is 12.8. The Hall–Kier alpha value is -1.91. The topological polar surface area (TPSA) is 55.4 Å². The Morgan fingerprint density at radius 3 is 2.73 bits per heavy atom. The second-order valence-corrected chi connectivity index (χ2v) is 5.86. The Labute approximate surface area is 130 Å². The third-order valence-corrected chi connectivity index (χ3v) is 4.11. The van der Waals surface area contributed by atoms with Gasteiger partial charge < -0.3 is 10.1 Å². The van der Waals surface area contributed by atoms with Gasteiger partial charge in [0.2, 0.25) is 0 Å². The molecule has 1 aromatic rings. The Morgan fingerprint density at radius 2 is 2.00 bits per heavy atom. The fraction of sp³-hybridized carbons (Fsp3) is 0.529. The van der Waals surface area contributed by atoms with Crippen LogP contribution in [0, 0.1) is 11.7 Å². The van der Waals surface area contributed by atoms with Crippen LogP contribution in [0.25, 0.3) is 0 Å². The molecule has 5 heteroatoms. The molecule has 0 heterocycles. The number of carbonyl (C=O) groups excluding carboxylic acids is 2. The molecule has 0 unspecified atom stereocenters. The molecule has 1 aliphatic rings. The van der Waals surface area contributed by atoms with Gasteiger partial charge in [0.25, 0.3) is 5.91 Å². The molecule has 2 rings (SSSR count). The zero-order valence-electron chi connectivity index (χ0n) is 12.8. The molecule has 22 heavy (non-hydrogen) atoms. The summed E-state index contributed by atoms with van der Waals surface area (Å²) in [6.07, 6.45) is 4.22. The van der Waals surface area contributed by atoms with E-state index < -0.39 is 11.8 Å². The lowest BCUT2D eigenvalue weighted by molar-refractivity contribution is -0.148. The number of carbonyl (C=O) groups is 2. The van der Waals surface area contributed by atoms with Crippen molar-refractivity contribution in [3.8, 4) is 0 Å². The van der Waals surface area contributed by atoms with E-state index >= 15 is 0 Å². The Bertz CT molecular complexity index is 532. The molecule has 4 nitrogen and oxygen atoms in total. The van der Waals surface area contributed by atoms with E-state index in [2.05, 4.69) is 12.2 Å². The maximum absolute atomic E-state index is 13.4. The average molecular weight is 307 g/mol. The first kappa shape index (κ1) is 16.5. The fourth-order valence-corrected chi connectivity index (χ4v) is 2.77. The van der Waals surface area contributed by atoms with Crippen LogP contribution >= 0.6 is 0 Å². The SMILES string of the molecule is C[C@H]1CCCC[C@H]1NC(=O)COC(=O)Cc1ccccc1F. The van der Waals surface area contributed by atoms with Crippen molar-refractivity contribution in [3.05, 3.63) is 35.6 Å². The number of hydrogen-bond acceptors (Lipinski definition) is 3. The quantitative estimate of drug-likeness (QED) is 0.851. The summed E-state index contributed by atoms with van der Waals surface area (Å²) in [7, 11) is 0. The van der Waals surface area contributed by atoms with Crippen molar-refractivity contribution in [2.75, 3.05) is 6.61 Å². The van der Waals surface area contributed by atoms with Gasteiger partial charge in [-0.2, -0.15) is 0 Å². The van der Waals surface area contributed by atoms with Gasteiger partial charge in [-0.25, -0.2) is 4.39 Å². The molecule has 0 aliphatic heterocycles. The van der Waals surface area contributed by atoms with Crippen molar-refractivity contribution in [2.24, 2.45) is 5.92 Å². The van der Waals surface area contributed by atoms with E-state index in [9.17, 15) is 14.0 Å². The van der Waals surface area contributed by atoms with E-state index in [1.165, 1.54) is 18.6 Å². The third-order valence-electron chi connectivity index (χ3n) is 4.11. The van der Waals surface area contributed by atoms with Crippen LogP contribution in [-0.2, 0) is 20.7 Å². The van der Waals surface area contributed by atoms with Crippen LogP contribution in [0.2, 0.25) is 0 Å². The molecular formula is C17H22FNO3. The summed E-state index contributed by atoms with van der Waals surface area (Å²) in [5.41, 5.74) is 0.272. The minimum atomic E-state index is -0.600. The van der Waals surface area contributed by atoms with Gasteiger partial charge in [0.1, 0.15) is 5.82 Å². The largest absolute Gasteiger partial charge is 0.455 e. The summed E-state index contributed by atoms with van der Waals surface area (Å²) in [6.45, 7) is 1.81. The molecule has 2 atom stereocenters. The van der Waals surface area contributed by atoms with Gasteiger partial charge in [0, 0.05) is 6.04 Å². The third kappa shape index (κ3) is 4.83. The Morgan fingerprint density at radius 1 is 1.27 bits per heavy atom. The molecule has 0 spiro atoms.